The van der Waals surface area contributed by atoms with Gasteiger partial charge in [-0.05, 0) is 86.2 Å². The molecular weight excluding hydrogens is 384 g/mol. The molecule has 7 heteroatoms. The van der Waals surface area contributed by atoms with Crippen LogP contribution >= 0.6 is 11.8 Å². The van der Waals surface area contributed by atoms with Crippen molar-refractivity contribution in [2.45, 2.75) is 50.0 Å². The molecule has 0 bridgehead atoms. The van der Waals surface area contributed by atoms with Gasteiger partial charge in [0, 0.05) is 18.0 Å². The molecule has 3 heterocycles. The highest BCUT2D eigenvalue weighted by atomic mass is 32.2. The molecule has 2 atom stereocenters. The lowest BCUT2D eigenvalue weighted by Crippen LogP contribution is -2.36. The number of anilines is 1. The number of rotatable bonds is 8. The van der Waals surface area contributed by atoms with Crippen LogP contribution in [0.5, 0.6) is 5.75 Å². The number of thioether (sulfide) groups is 1. The first-order chi connectivity index (χ1) is 14.2. The monoisotopic (exact) mass is 416 g/mol. The van der Waals surface area contributed by atoms with Crippen LogP contribution in [0.25, 0.3) is 0 Å². The van der Waals surface area contributed by atoms with E-state index < -0.39 is 0 Å². The van der Waals surface area contributed by atoms with Crippen molar-refractivity contribution in [2.75, 3.05) is 37.4 Å². The molecule has 2 saturated heterocycles. The van der Waals surface area contributed by atoms with Crippen LogP contribution in [0.1, 0.15) is 51.0 Å². The fourth-order valence-electron chi connectivity index (χ4n) is 4.33. The van der Waals surface area contributed by atoms with Gasteiger partial charge >= 0.3 is 0 Å². The number of aromatic nitrogens is 2. The third kappa shape index (κ3) is 5.25. The van der Waals surface area contributed by atoms with E-state index >= 15 is 0 Å². The maximum absolute atomic E-state index is 5.95. The third-order valence-electron chi connectivity index (χ3n) is 6.32. The van der Waals surface area contributed by atoms with E-state index in [1.807, 2.05) is 0 Å². The molecular formula is C22H32N4O2S. The van der Waals surface area contributed by atoms with E-state index in [9.17, 15) is 0 Å². The van der Waals surface area contributed by atoms with E-state index in [-0.39, 0.29) is 6.04 Å². The number of nitrogens with zero attached hydrogens (tertiary/aromatic N) is 3. The van der Waals surface area contributed by atoms with Gasteiger partial charge in [0.05, 0.1) is 12.6 Å². The molecule has 1 N–H and O–H groups in total. The molecule has 2 fully saturated rings. The third-order valence-corrected chi connectivity index (χ3v) is 7.06. The van der Waals surface area contributed by atoms with Crippen LogP contribution in [0.15, 0.2) is 33.7 Å². The maximum Gasteiger partial charge on any atom is 0.266 e. The van der Waals surface area contributed by atoms with E-state index in [1.54, 1.807) is 11.8 Å². The van der Waals surface area contributed by atoms with E-state index in [0.29, 0.717) is 5.92 Å². The standard InChI is InChI=1S/C22H32N4O2S/c1-16(11-15-27-18-5-7-19(29-2)8-6-18)17-9-13-26(14-10-17)22-24-21(28-25-22)20-4-3-12-23-20/h5-8,16-17,20,23H,3-4,9-15H2,1-2H3. The molecule has 0 radical (unpaired) electrons. The van der Waals surface area contributed by atoms with Gasteiger partial charge in [0.25, 0.3) is 5.95 Å². The molecule has 6 nitrogen and oxygen atoms in total. The summed E-state index contributed by atoms with van der Waals surface area (Å²) in [5.41, 5.74) is 0. The number of hydrogen-bond donors (Lipinski definition) is 1. The zero-order valence-corrected chi connectivity index (χ0v) is 18.3. The molecule has 2 unspecified atom stereocenters. The molecule has 0 saturated carbocycles. The molecule has 0 aliphatic carbocycles. The normalized spacial score (nSPS) is 21.4. The van der Waals surface area contributed by atoms with E-state index in [0.717, 1.165) is 62.6 Å². The quantitative estimate of drug-likeness (QED) is 0.634. The summed E-state index contributed by atoms with van der Waals surface area (Å²) < 4.78 is 11.5. The van der Waals surface area contributed by atoms with Gasteiger partial charge in [-0.25, -0.2) is 0 Å². The van der Waals surface area contributed by atoms with Gasteiger partial charge in [0.1, 0.15) is 5.75 Å². The SMILES string of the molecule is CSc1ccc(OCCC(C)C2CCN(c3noc(C4CCCN4)n3)CC2)cc1. The zero-order chi connectivity index (χ0) is 20.1. The highest BCUT2D eigenvalue weighted by Gasteiger charge is 2.28. The van der Waals surface area contributed by atoms with Crippen LogP contribution < -0.4 is 15.0 Å². The molecule has 1 aromatic heterocycles. The second kappa shape index (κ2) is 9.85. The maximum atomic E-state index is 5.95. The Morgan fingerprint density at radius 3 is 2.72 bits per heavy atom. The molecule has 4 rings (SSSR count). The van der Waals surface area contributed by atoms with Crippen LogP contribution in [0.4, 0.5) is 5.95 Å². The first-order valence-electron chi connectivity index (χ1n) is 10.8. The minimum atomic E-state index is 0.241. The smallest absolute Gasteiger partial charge is 0.266 e. The van der Waals surface area contributed by atoms with Gasteiger partial charge in [0.15, 0.2) is 0 Å². The Labute approximate surface area is 177 Å². The fourth-order valence-corrected chi connectivity index (χ4v) is 4.74. The minimum Gasteiger partial charge on any atom is -0.494 e. The Hall–Kier alpha value is -1.73. The van der Waals surface area contributed by atoms with Crippen molar-refractivity contribution < 1.29 is 9.26 Å². The molecule has 158 valence electrons. The summed E-state index contributed by atoms with van der Waals surface area (Å²) in [6.45, 7) is 6.19. The number of nitrogens with one attached hydrogen (secondary N) is 1. The van der Waals surface area contributed by atoms with Crippen LogP contribution in [0.2, 0.25) is 0 Å². The van der Waals surface area contributed by atoms with Crippen LogP contribution in [-0.2, 0) is 0 Å². The number of hydrogen-bond acceptors (Lipinski definition) is 7. The predicted octanol–water partition coefficient (Wildman–Crippen LogP) is 4.54. The van der Waals surface area contributed by atoms with E-state index in [4.69, 9.17) is 9.26 Å². The lowest BCUT2D eigenvalue weighted by molar-refractivity contribution is 0.222. The molecule has 2 aromatic rings. The summed E-state index contributed by atoms with van der Waals surface area (Å²) in [6.07, 6.45) is 7.80. The molecule has 0 spiro atoms. The molecule has 1 aromatic carbocycles. The number of benzene rings is 1. The number of piperidine rings is 1. The summed E-state index contributed by atoms with van der Waals surface area (Å²) in [7, 11) is 0. The summed E-state index contributed by atoms with van der Waals surface area (Å²) in [4.78, 5) is 8.19. The Morgan fingerprint density at radius 1 is 1.24 bits per heavy atom. The number of ether oxygens (including phenoxy) is 1. The van der Waals surface area contributed by atoms with Crippen LogP contribution in [0.3, 0.4) is 0 Å². The van der Waals surface area contributed by atoms with E-state index in [1.165, 1.54) is 24.2 Å². The average Bonchev–Trinajstić information content (AvgIpc) is 3.46. The van der Waals surface area contributed by atoms with Gasteiger partial charge in [-0.3, -0.25) is 0 Å². The Balaban J connectivity index is 1.19. The van der Waals surface area contributed by atoms with Gasteiger partial charge in [0.2, 0.25) is 5.89 Å². The Bertz CT molecular complexity index is 752. The molecule has 2 aliphatic heterocycles. The van der Waals surface area contributed by atoms with Gasteiger partial charge < -0.3 is 19.5 Å². The van der Waals surface area contributed by atoms with Crippen molar-refractivity contribution in [3.63, 3.8) is 0 Å². The average molecular weight is 417 g/mol. The summed E-state index contributed by atoms with van der Waals surface area (Å²) >= 11 is 1.75. The first-order valence-corrected chi connectivity index (χ1v) is 12.0. The van der Waals surface area contributed by atoms with Crippen molar-refractivity contribution in [1.82, 2.24) is 15.5 Å². The first kappa shape index (κ1) is 20.5. The predicted molar refractivity (Wildman–Crippen MR) is 117 cm³/mol. The molecule has 0 amide bonds. The second-order valence-electron chi connectivity index (χ2n) is 8.20. The molecule has 29 heavy (non-hydrogen) atoms. The van der Waals surface area contributed by atoms with Crippen molar-refractivity contribution in [3.8, 4) is 5.75 Å². The summed E-state index contributed by atoms with van der Waals surface area (Å²) in [6, 6.07) is 8.60. The Kier molecular flexibility index (Phi) is 6.98. The summed E-state index contributed by atoms with van der Waals surface area (Å²) in [5.74, 6) is 3.87. The van der Waals surface area contributed by atoms with Crippen molar-refractivity contribution in [2.24, 2.45) is 11.8 Å². The van der Waals surface area contributed by atoms with Gasteiger partial charge in [-0.15, -0.1) is 11.8 Å². The van der Waals surface area contributed by atoms with Crippen molar-refractivity contribution >= 4 is 17.7 Å². The minimum absolute atomic E-state index is 0.241. The lowest BCUT2D eigenvalue weighted by atomic mass is 9.84. The lowest BCUT2D eigenvalue weighted by Gasteiger charge is -2.34. The van der Waals surface area contributed by atoms with Crippen molar-refractivity contribution in [1.29, 1.82) is 0 Å². The van der Waals surface area contributed by atoms with Gasteiger partial charge in [-0.2, -0.15) is 4.98 Å². The van der Waals surface area contributed by atoms with Crippen LogP contribution in [0, 0.1) is 11.8 Å². The second-order valence-corrected chi connectivity index (χ2v) is 9.08. The Morgan fingerprint density at radius 2 is 2.03 bits per heavy atom. The molecule has 2 aliphatic rings. The van der Waals surface area contributed by atoms with E-state index in [2.05, 4.69) is 57.8 Å². The highest BCUT2D eigenvalue weighted by Crippen LogP contribution is 2.30. The fraction of sp³-hybridized carbons (Fsp3) is 0.636. The highest BCUT2D eigenvalue weighted by molar-refractivity contribution is 7.98. The zero-order valence-electron chi connectivity index (χ0n) is 17.5. The summed E-state index contributed by atoms with van der Waals surface area (Å²) in [5, 5.41) is 7.65. The van der Waals surface area contributed by atoms with Crippen LogP contribution in [-0.4, -0.2) is 42.6 Å². The van der Waals surface area contributed by atoms with Crippen molar-refractivity contribution in [3.05, 3.63) is 30.2 Å². The van der Waals surface area contributed by atoms with Gasteiger partial charge in [-0.1, -0.05) is 6.92 Å². The topological polar surface area (TPSA) is 63.4 Å². The largest absolute Gasteiger partial charge is 0.494 e.